The number of carbonyl (C=O) groups excluding carboxylic acids is 2. The molecule has 0 aliphatic carbocycles. The molecule has 218 valence electrons. The van der Waals surface area contributed by atoms with E-state index in [-0.39, 0.29) is 11.6 Å². The molecular weight excluding hydrogens is 566 g/mol. The standard InChI is InChI=1S/C29H33N3O7S2/c1-13(2)17-9-8-14(3)18(10-17)39-28(37)38-16(5)29(6)21(19-11-31-12-30-24(40-7)26(31)41-19)22(27(35)36)32-23(29)20(15(4)33)25(32)34/h8-13,15-16,20,23,33H,1-7H3,(H,35,36)/t15-,16?,20-,23-,29+/m1/s1. The number of aryl methyl sites for hydroxylation is 1. The Labute approximate surface area is 246 Å². The molecule has 3 aromatic rings. The van der Waals surface area contributed by atoms with Crippen LogP contribution >= 0.6 is 23.1 Å². The molecule has 1 aromatic carbocycles. The van der Waals surface area contributed by atoms with Gasteiger partial charge in [0.05, 0.1) is 28.4 Å². The molecule has 10 nitrogen and oxygen atoms in total. The predicted octanol–water partition coefficient (Wildman–Crippen LogP) is 5.18. The molecule has 0 saturated carbocycles. The Morgan fingerprint density at radius 3 is 2.54 bits per heavy atom. The fourth-order valence-corrected chi connectivity index (χ4v) is 7.88. The second-order valence-electron chi connectivity index (χ2n) is 11.1. The number of carbonyl (C=O) groups is 3. The van der Waals surface area contributed by atoms with Crippen molar-refractivity contribution in [1.82, 2.24) is 14.3 Å². The first kappa shape index (κ1) is 29.2. The second kappa shape index (κ2) is 10.5. The van der Waals surface area contributed by atoms with E-state index in [2.05, 4.69) is 4.98 Å². The Bertz CT molecular complexity index is 1590. The van der Waals surface area contributed by atoms with Gasteiger partial charge in [-0.1, -0.05) is 26.0 Å². The summed E-state index contributed by atoms with van der Waals surface area (Å²) in [4.78, 5) is 46.1. The van der Waals surface area contributed by atoms with E-state index in [1.54, 1.807) is 32.4 Å². The van der Waals surface area contributed by atoms with Crippen LogP contribution in [0.15, 0.2) is 41.4 Å². The van der Waals surface area contributed by atoms with Crippen LogP contribution in [0.5, 0.6) is 5.75 Å². The van der Waals surface area contributed by atoms with Gasteiger partial charge in [0.25, 0.3) is 0 Å². The molecule has 41 heavy (non-hydrogen) atoms. The second-order valence-corrected chi connectivity index (χ2v) is 12.9. The third kappa shape index (κ3) is 4.52. The summed E-state index contributed by atoms with van der Waals surface area (Å²) < 4.78 is 13.3. The quantitative estimate of drug-likeness (QED) is 0.156. The van der Waals surface area contributed by atoms with Gasteiger partial charge in [0.1, 0.15) is 33.7 Å². The maximum Gasteiger partial charge on any atom is 0.514 e. The van der Waals surface area contributed by atoms with Gasteiger partial charge in [-0.3, -0.25) is 9.20 Å². The number of aliphatic hydroxyl groups is 1. The molecule has 0 spiro atoms. The van der Waals surface area contributed by atoms with Gasteiger partial charge in [-0.25, -0.2) is 14.6 Å². The predicted molar refractivity (Wildman–Crippen MR) is 155 cm³/mol. The number of aromatic nitrogens is 2. The number of β-lactam (4-membered cyclic amide) rings is 1. The average molecular weight is 600 g/mol. The maximum atomic E-state index is 13.2. The molecular formula is C29H33N3O7S2. The number of rotatable bonds is 8. The molecule has 1 amide bonds. The first-order chi connectivity index (χ1) is 19.3. The number of nitrogens with zero attached hydrogens (tertiary/aromatic N) is 3. The van der Waals surface area contributed by atoms with Gasteiger partial charge in [0.2, 0.25) is 5.91 Å². The summed E-state index contributed by atoms with van der Waals surface area (Å²) in [5.41, 5.74) is 0.768. The summed E-state index contributed by atoms with van der Waals surface area (Å²) in [6.45, 7) is 10.9. The first-order valence-electron chi connectivity index (χ1n) is 13.3. The highest BCUT2D eigenvalue weighted by molar-refractivity contribution is 7.98. The number of hydrogen-bond acceptors (Lipinski definition) is 9. The zero-order chi connectivity index (χ0) is 30.0. The monoisotopic (exact) mass is 599 g/mol. The summed E-state index contributed by atoms with van der Waals surface area (Å²) in [5.74, 6) is -2.02. The number of thioether (sulfide) groups is 1. The van der Waals surface area contributed by atoms with Gasteiger partial charge in [0, 0.05) is 11.8 Å². The Hall–Kier alpha value is -3.35. The van der Waals surface area contributed by atoms with Crippen molar-refractivity contribution in [2.45, 2.75) is 70.7 Å². The third-order valence-corrected chi connectivity index (χ3v) is 10.2. The van der Waals surface area contributed by atoms with E-state index in [0.717, 1.165) is 21.0 Å². The molecule has 1 fully saturated rings. The fourth-order valence-electron chi connectivity index (χ4n) is 5.93. The van der Waals surface area contributed by atoms with E-state index in [4.69, 9.17) is 9.47 Å². The van der Waals surface area contributed by atoms with Crippen molar-refractivity contribution >= 4 is 51.5 Å². The summed E-state index contributed by atoms with van der Waals surface area (Å²) in [7, 11) is 0. The zero-order valence-electron chi connectivity index (χ0n) is 23.9. The topological polar surface area (TPSA) is 131 Å². The van der Waals surface area contributed by atoms with E-state index in [0.29, 0.717) is 16.2 Å². The third-order valence-electron chi connectivity index (χ3n) is 8.30. The van der Waals surface area contributed by atoms with Crippen molar-refractivity contribution in [2.75, 3.05) is 6.26 Å². The number of amides is 1. The highest BCUT2D eigenvalue weighted by Crippen LogP contribution is 2.60. The van der Waals surface area contributed by atoms with Crippen molar-refractivity contribution < 1.29 is 34.1 Å². The summed E-state index contributed by atoms with van der Waals surface area (Å²) in [6, 6.07) is 4.91. The number of fused-ring (bicyclic) bond motifs is 2. The Kier molecular flexibility index (Phi) is 7.46. The molecule has 1 unspecified atom stereocenters. The van der Waals surface area contributed by atoms with E-state index < -0.39 is 47.6 Å². The van der Waals surface area contributed by atoms with Crippen LogP contribution in [0.4, 0.5) is 4.79 Å². The number of hydrogen-bond donors (Lipinski definition) is 2. The van der Waals surface area contributed by atoms with Gasteiger partial charge in [0.15, 0.2) is 0 Å². The van der Waals surface area contributed by atoms with Crippen LogP contribution in [0.2, 0.25) is 0 Å². The number of ether oxygens (including phenoxy) is 2. The SMILES string of the molecule is CSc1ncn2cc(C3=C(C(=O)O)N4C(=O)[C@H]([C@@H](C)O)[C@@H]4[C@@]3(C)C(C)OC(=O)Oc3cc(C(C)C)ccc3C)sc12. The number of thiazole rings is 1. The van der Waals surface area contributed by atoms with Gasteiger partial charge in [-0.05, 0) is 57.1 Å². The van der Waals surface area contributed by atoms with Crippen molar-refractivity contribution in [1.29, 1.82) is 0 Å². The highest BCUT2D eigenvalue weighted by Gasteiger charge is 2.68. The molecule has 2 aromatic heterocycles. The minimum absolute atomic E-state index is 0.174. The van der Waals surface area contributed by atoms with Gasteiger partial charge >= 0.3 is 12.1 Å². The molecule has 0 bridgehead atoms. The number of imidazole rings is 1. The summed E-state index contributed by atoms with van der Waals surface area (Å²) in [6.07, 6.45) is 2.42. The smallest absolute Gasteiger partial charge is 0.477 e. The average Bonchev–Trinajstić information content (AvgIpc) is 3.53. The molecule has 1 saturated heterocycles. The van der Waals surface area contributed by atoms with E-state index in [1.165, 1.54) is 34.9 Å². The van der Waals surface area contributed by atoms with Crippen LogP contribution in [0, 0.1) is 18.3 Å². The van der Waals surface area contributed by atoms with Crippen LogP contribution in [0.25, 0.3) is 10.4 Å². The van der Waals surface area contributed by atoms with Crippen molar-refractivity contribution in [3.63, 3.8) is 0 Å². The van der Waals surface area contributed by atoms with Crippen LogP contribution in [0.1, 0.15) is 56.5 Å². The Morgan fingerprint density at radius 2 is 1.93 bits per heavy atom. The molecule has 5 atom stereocenters. The van der Waals surface area contributed by atoms with E-state index in [1.807, 2.05) is 43.6 Å². The van der Waals surface area contributed by atoms with Gasteiger partial charge in [-0.15, -0.1) is 23.1 Å². The first-order valence-corrected chi connectivity index (χ1v) is 15.3. The van der Waals surface area contributed by atoms with Crippen molar-refractivity contribution in [3.8, 4) is 5.75 Å². The Balaban J connectivity index is 1.57. The van der Waals surface area contributed by atoms with Gasteiger partial charge < -0.3 is 24.6 Å². The Morgan fingerprint density at radius 1 is 1.22 bits per heavy atom. The zero-order valence-corrected chi connectivity index (χ0v) is 25.5. The minimum Gasteiger partial charge on any atom is -0.477 e. The number of carboxylic acid groups (broad SMARTS) is 1. The number of benzene rings is 1. The lowest BCUT2D eigenvalue weighted by atomic mass is 9.64. The fraction of sp³-hybridized carbons (Fsp3) is 0.448. The van der Waals surface area contributed by atoms with Crippen LogP contribution in [0.3, 0.4) is 0 Å². The highest BCUT2D eigenvalue weighted by atomic mass is 32.2. The number of aliphatic carboxylic acids is 1. The summed E-state index contributed by atoms with van der Waals surface area (Å²) >= 11 is 2.82. The molecule has 12 heteroatoms. The van der Waals surface area contributed by atoms with Crippen LogP contribution in [-0.4, -0.2) is 67.0 Å². The molecule has 2 aliphatic heterocycles. The van der Waals surface area contributed by atoms with Crippen molar-refractivity contribution in [2.24, 2.45) is 11.3 Å². The summed E-state index contributed by atoms with van der Waals surface area (Å²) in [5, 5.41) is 21.7. The number of carboxylic acids is 1. The lowest BCUT2D eigenvalue weighted by Gasteiger charge is -2.52. The van der Waals surface area contributed by atoms with Gasteiger partial charge in [-0.2, -0.15) is 0 Å². The normalized spacial score (nSPS) is 23.5. The molecule has 4 heterocycles. The molecule has 0 radical (unpaired) electrons. The van der Waals surface area contributed by atoms with E-state index in [9.17, 15) is 24.6 Å². The minimum atomic E-state index is -1.27. The van der Waals surface area contributed by atoms with Crippen LogP contribution < -0.4 is 4.74 Å². The molecule has 2 N–H and O–H groups in total. The largest absolute Gasteiger partial charge is 0.514 e. The number of aliphatic hydroxyl groups excluding tert-OH is 1. The molecule has 5 rings (SSSR count). The van der Waals surface area contributed by atoms with Crippen LogP contribution in [-0.2, 0) is 14.3 Å². The molecule has 2 aliphatic rings. The lowest BCUT2D eigenvalue weighted by Crippen LogP contribution is -2.68. The van der Waals surface area contributed by atoms with Crippen molar-refractivity contribution in [3.05, 3.63) is 52.4 Å². The maximum absolute atomic E-state index is 13.2. The lowest BCUT2D eigenvalue weighted by molar-refractivity contribution is -0.170. The van der Waals surface area contributed by atoms with E-state index >= 15 is 0 Å².